The maximum Gasteiger partial charge on any atom is 0.306 e. The summed E-state index contributed by atoms with van der Waals surface area (Å²) in [4.78, 5) is 38.4. The van der Waals surface area contributed by atoms with E-state index in [1.165, 1.54) is 70.6 Å². The summed E-state index contributed by atoms with van der Waals surface area (Å²) in [6, 6.07) is 0. The van der Waals surface area contributed by atoms with Gasteiger partial charge in [0.2, 0.25) is 0 Å². The molecule has 0 spiro atoms. The van der Waals surface area contributed by atoms with Crippen LogP contribution in [0.5, 0.6) is 0 Å². The molecule has 0 rings (SSSR count). The van der Waals surface area contributed by atoms with Crippen LogP contribution in [0.15, 0.2) is 158 Å². The molecule has 0 saturated carbocycles. The van der Waals surface area contributed by atoms with Crippen molar-refractivity contribution in [2.45, 2.75) is 290 Å². The van der Waals surface area contributed by atoms with Crippen molar-refractivity contribution in [2.24, 2.45) is 0 Å². The zero-order valence-corrected chi connectivity index (χ0v) is 52.9. The first-order chi connectivity index (χ1) is 40.5. The molecule has 0 aliphatic carbocycles. The van der Waals surface area contributed by atoms with Crippen molar-refractivity contribution in [3.63, 3.8) is 0 Å². The van der Waals surface area contributed by atoms with Gasteiger partial charge in [-0.3, -0.25) is 14.4 Å². The van der Waals surface area contributed by atoms with E-state index in [2.05, 4.69) is 179 Å². The molecule has 0 heterocycles. The molecule has 6 heteroatoms. The summed E-state index contributed by atoms with van der Waals surface area (Å²) < 4.78 is 16.9. The highest BCUT2D eigenvalue weighted by atomic mass is 16.6. The van der Waals surface area contributed by atoms with E-state index in [0.717, 1.165) is 173 Å². The lowest BCUT2D eigenvalue weighted by Gasteiger charge is -2.18. The van der Waals surface area contributed by atoms with Crippen LogP contribution in [0.25, 0.3) is 0 Å². The quantitative estimate of drug-likeness (QED) is 0.0261. The molecule has 1 atom stereocenters. The number of carbonyl (C=O) groups excluding carboxylic acids is 3. The van der Waals surface area contributed by atoms with E-state index in [1.807, 2.05) is 0 Å². The van der Waals surface area contributed by atoms with Gasteiger partial charge in [0.15, 0.2) is 6.10 Å². The van der Waals surface area contributed by atoms with E-state index in [9.17, 15) is 14.4 Å². The predicted octanol–water partition coefficient (Wildman–Crippen LogP) is 23.3. The van der Waals surface area contributed by atoms with E-state index >= 15 is 0 Å². The van der Waals surface area contributed by atoms with Crippen molar-refractivity contribution >= 4 is 17.9 Å². The van der Waals surface area contributed by atoms with Gasteiger partial charge in [0.1, 0.15) is 13.2 Å². The normalized spacial score (nSPS) is 13.2. The number of allylic oxidation sites excluding steroid dienone is 26. The second-order valence-corrected chi connectivity index (χ2v) is 21.6. The number of esters is 3. The summed E-state index contributed by atoms with van der Waals surface area (Å²) in [6.07, 6.45) is 99.6. The predicted molar refractivity (Wildman–Crippen MR) is 357 cm³/mol. The van der Waals surface area contributed by atoms with Gasteiger partial charge in [-0.25, -0.2) is 0 Å². The summed E-state index contributed by atoms with van der Waals surface area (Å²) in [5, 5.41) is 0. The Morgan fingerprint density at radius 3 is 0.756 bits per heavy atom. The Kier molecular flexibility index (Phi) is 64.4. The number of hydrogen-bond acceptors (Lipinski definition) is 6. The Morgan fingerprint density at radius 2 is 0.476 bits per heavy atom. The first kappa shape index (κ1) is 77.0. The van der Waals surface area contributed by atoms with Crippen LogP contribution in [0, 0.1) is 0 Å². The molecule has 0 saturated heterocycles. The fraction of sp³-hybridized carbons (Fsp3) is 0.618. The Hall–Kier alpha value is -4.97. The highest BCUT2D eigenvalue weighted by molar-refractivity contribution is 5.71. The highest BCUT2D eigenvalue weighted by Gasteiger charge is 2.19. The summed E-state index contributed by atoms with van der Waals surface area (Å²) >= 11 is 0. The van der Waals surface area contributed by atoms with Crippen LogP contribution in [0.1, 0.15) is 284 Å². The average molecular weight is 1130 g/mol. The minimum absolute atomic E-state index is 0.102. The Morgan fingerprint density at radius 1 is 0.256 bits per heavy atom. The van der Waals surface area contributed by atoms with E-state index in [4.69, 9.17) is 14.2 Å². The lowest BCUT2D eigenvalue weighted by Crippen LogP contribution is -2.30. The van der Waals surface area contributed by atoms with Crippen molar-refractivity contribution in [1.29, 1.82) is 0 Å². The Labute approximate surface area is 505 Å². The van der Waals surface area contributed by atoms with Crippen molar-refractivity contribution in [1.82, 2.24) is 0 Å². The van der Waals surface area contributed by atoms with E-state index in [-0.39, 0.29) is 31.1 Å². The monoisotopic (exact) mass is 1130 g/mol. The molecule has 1 unspecified atom stereocenters. The molecule has 0 aromatic carbocycles. The molecule has 82 heavy (non-hydrogen) atoms. The SMILES string of the molecule is CC/C=C\C/C=C\C/C=C\C/C=C\C/C=C\C/C=C\C/C=C\C/C=C\CCCCCCC(=O)OCC(COC(=O)CCCCCCC/C=C\CCCCCCCCC)OC(=O)CCCCCCCC/C=C\C/C=C\C/C=C\C/C=C\CC. The topological polar surface area (TPSA) is 78.9 Å². The van der Waals surface area contributed by atoms with Gasteiger partial charge in [0.05, 0.1) is 0 Å². The first-order valence-corrected chi connectivity index (χ1v) is 33.5. The maximum absolute atomic E-state index is 12.9. The van der Waals surface area contributed by atoms with Gasteiger partial charge >= 0.3 is 17.9 Å². The van der Waals surface area contributed by atoms with Crippen molar-refractivity contribution in [2.75, 3.05) is 13.2 Å². The molecule has 0 fully saturated rings. The molecule has 0 radical (unpaired) electrons. The number of carbonyl (C=O) groups is 3. The zero-order valence-electron chi connectivity index (χ0n) is 52.9. The maximum atomic E-state index is 12.9. The molecule has 462 valence electrons. The highest BCUT2D eigenvalue weighted by Crippen LogP contribution is 2.14. The van der Waals surface area contributed by atoms with Gasteiger partial charge in [-0.2, -0.15) is 0 Å². The third-order valence-corrected chi connectivity index (χ3v) is 13.7. The molecular formula is C76H122O6. The van der Waals surface area contributed by atoms with E-state index in [1.54, 1.807) is 0 Å². The number of hydrogen-bond donors (Lipinski definition) is 0. The number of ether oxygens (including phenoxy) is 3. The van der Waals surface area contributed by atoms with Crippen molar-refractivity contribution in [3.8, 4) is 0 Å². The zero-order chi connectivity index (χ0) is 59.2. The van der Waals surface area contributed by atoms with Crippen molar-refractivity contribution < 1.29 is 28.6 Å². The van der Waals surface area contributed by atoms with Gasteiger partial charge in [0, 0.05) is 19.3 Å². The number of rotatable bonds is 59. The van der Waals surface area contributed by atoms with Crippen LogP contribution in [-0.4, -0.2) is 37.2 Å². The lowest BCUT2D eigenvalue weighted by atomic mass is 10.1. The van der Waals surface area contributed by atoms with Gasteiger partial charge in [0.25, 0.3) is 0 Å². The van der Waals surface area contributed by atoms with Gasteiger partial charge in [-0.05, 0) is 148 Å². The van der Waals surface area contributed by atoms with Crippen molar-refractivity contribution in [3.05, 3.63) is 158 Å². The molecule has 0 aliphatic rings. The van der Waals surface area contributed by atoms with Crippen LogP contribution in [-0.2, 0) is 28.6 Å². The third-order valence-electron chi connectivity index (χ3n) is 13.7. The van der Waals surface area contributed by atoms with Crippen LogP contribution < -0.4 is 0 Å². The molecule has 6 nitrogen and oxygen atoms in total. The van der Waals surface area contributed by atoms with Gasteiger partial charge in [-0.15, -0.1) is 0 Å². The van der Waals surface area contributed by atoms with E-state index in [0.29, 0.717) is 19.3 Å². The summed E-state index contributed by atoms with van der Waals surface area (Å²) in [5.74, 6) is -0.949. The summed E-state index contributed by atoms with van der Waals surface area (Å²) in [5.41, 5.74) is 0. The Bertz CT molecular complexity index is 1830. The first-order valence-electron chi connectivity index (χ1n) is 33.5. The largest absolute Gasteiger partial charge is 0.462 e. The second-order valence-electron chi connectivity index (χ2n) is 21.6. The molecule has 0 N–H and O–H groups in total. The molecule has 0 bridgehead atoms. The molecule has 0 aliphatic heterocycles. The molecule has 0 aromatic heterocycles. The second kappa shape index (κ2) is 68.5. The van der Waals surface area contributed by atoms with Crippen LogP contribution in [0.4, 0.5) is 0 Å². The molecular weight excluding hydrogens is 1010 g/mol. The lowest BCUT2D eigenvalue weighted by molar-refractivity contribution is -0.167. The fourth-order valence-electron chi connectivity index (χ4n) is 8.80. The molecule has 0 amide bonds. The Balaban J connectivity index is 4.47. The average Bonchev–Trinajstić information content (AvgIpc) is 3.47. The minimum atomic E-state index is -0.809. The third kappa shape index (κ3) is 65.8. The summed E-state index contributed by atoms with van der Waals surface area (Å²) in [7, 11) is 0. The smallest absolute Gasteiger partial charge is 0.306 e. The van der Waals surface area contributed by atoms with E-state index < -0.39 is 6.10 Å². The molecule has 0 aromatic rings. The van der Waals surface area contributed by atoms with Gasteiger partial charge in [-0.1, -0.05) is 275 Å². The van der Waals surface area contributed by atoms with Crippen LogP contribution >= 0.6 is 0 Å². The van der Waals surface area contributed by atoms with Crippen LogP contribution in [0.3, 0.4) is 0 Å². The standard InChI is InChI=1S/C76H122O6/c1-4-7-10-13-16-19-22-25-28-31-33-34-35-36-37-38-39-40-41-42-44-45-48-51-54-57-60-63-66-69-75(78)81-72-73(71-80-74(77)68-65-62-59-56-53-50-47-30-27-24-21-18-15-12-9-6-3)82-76(79)70-67-64-61-58-55-52-49-46-43-32-29-26-23-20-17-14-11-8-5-2/h7-8,10-11,16-17,19-20,25-26,28-30,33-34,36-37,39-40,42-44,46-48,51,73H,4-6,9,12-15,18,21-24,27,31-32,35,38,41,45,49-50,52-72H2,1-3H3/b10-7-,11-8-,19-16-,20-17-,28-25-,29-26-,34-33-,37-36-,40-39-,44-42-,46-43-,47-30-,51-48-. The van der Waals surface area contributed by atoms with Gasteiger partial charge < -0.3 is 14.2 Å². The van der Waals surface area contributed by atoms with Crippen LogP contribution in [0.2, 0.25) is 0 Å². The number of unbranched alkanes of at least 4 members (excludes halogenated alkanes) is 22. The fourth-order valence-corrected chi connectivity index (χ4v) is 8.80. The summed E-state index contributed by atoms with van der Waals surface area (Å²) in [6.45, 7) is 6.38. The minimum Gasteiger partial charge on any atom is -0.462 e.